The molecule has 1 aliphatic heterocycles. The number of nitrogen functional groups attached to an aromatic ring is 1. The number of rotatable bonds is 5. The Morgan fingerprint density at radius 2 is 2.22 bits per heavy atom. The van der Waals surface area contributed by atoms with Crippen molar-refractivity contribution >= 4 is 0 Å². The van der Waals surface area contributed by atoms with Crippen molar-refractivity contribution in [2.75, 3.05) is 12.4 Å². The molecule has 6 N–H and O–H groups in total. The van der Waals surface area contributed by atoms with E-state index in [0.29, 0.717) is 4.68 Å². The first-order chi connectivity index (χ1) is 10.9. The third-order valence-electron chi connectivity index (χ3n) is 3.66. The maximum atomic E-state index is 12.1. The molecule has 0 aromatic carbocycles. The third-order valence-corrected chi connectivity index (χ3v) is 3.66. The summed E-state index contributed by atoms with van der Waals surface area (Å²) in [6.45, 7) is 1.28. The highest BCUT2D eigenvalue weighted by Crippen LogP contribution is 2.43. The SMILES string of the molecule is CC1C(n2ccc(=O)n(N)c2=O)OC(CON)(N=[N+]=[N-])C1ON. The summed E-state index contributed by atoms with van der Waals surface area (Å²) in [5, 5.41) is 3.53. The predicted molar refractivity (Wildman–Crippen MR) is 75.5 cm³/mol. The summed E-state index contributed by atoms with van der Waals surface area (Å²) in [5.74, 6) is 15.1. The van der Waals surface area contributed by atoms with Gasteiger partial charge in [0.1, 0.15) is 18.9 Å². The van der Waals surface area contributed by atoms with E-state index in [1.807, 2.05) is 0 Å². The van der Waals surface area contributed by atoms with Crippen molar-refractivity contribution in [3.05, 3.63) is 43.5 Å². The monoisotopic (exact) mass is 328 g/mol. The molecular weight excluding hydrogens is 312 g/mol. The highest BCUT2D eigenvalue weighted by atomic mass is 16.7. The predicted octanol–water partition coefficient (Wildman–Crippen LogP) is -1.96. The zero-order chi connectivity index (χ0) is 17.2. The molecule has 13 nitrogen and oxygen atoms in total. The van der Waals surface area contributed by atoms with E-state index in [2.05, 4.69) is 14.9 Å². The first-order valence-electron chi connectivity index (χ1n) is 6.42. The van der Waals surface area contributed by atoms with E-state index in [4.69, 9.17) is 32.7 Å². The van der Waals surface area contributed by atoms with Crippen LogP contribution in [0.3, 0.4) is 0 Å². The van der Waals surface area contributed by atoms with Crippen molar-refractivity contribution in [2.45, 2.75) is 25.0 Å². The van der Waals surface area contributed by atoms with Gasteiger partial charge in [0.25, 0.3) is 5.56 Å². The van der Waals surface area contributed by atoms with E-state index in [1.54, 1.807) is 6.92 Å². The lowest BCUT2D eigenvalue weighted by Crippen LogP contribution is -2.46. The third kappa shape index (κ3) is 2.68. The normalized spacial score (nSPS) is 30.1. The molecule has 1 aliphatic rings. The van der Waals surface area contributed by atoms with Crippen LogP contribution in [-0.2, 0) is 14.4 Å². The van der Waals surface area contributed by atoms with E-state index in [1.165, 1.54) is 6.20 Å². The molecule has 0 amide bonds. The molecule has 4 unspecified atom stereocenters. The van der Waals surface area contributed by atoms with Crippen LogP contribution in [0.2, 0.25) is 0 Å². The van der Waals surface area contributed by atoms with E-state index >= 15 is 0 Å². The Hall–Kier alpha value is -2.41. The van der Waals surface area contributed by atoms with Crippen LogP contribution in [0.1, 0.15) is 13.2 Å². The number of azide groups is 1. The van der Waals surface area contributed by atoms with Crippen LogP contribution >= 0.6 is 0 Å². The molecule has 0 bridgehead atoms. The minimum atomic E-state index is -1.68. The zero-order valence-electron chi connectivity index (χ0n) is 12.1. The van der Waals surface area contributed by atoms with Crippen molar-refractivity contribution in [1.29, 1.82) is 0 Å². The summed E-state index contributed by atoms with van der Waals surface area (Å²) in [6, 6.07) is 1.09. The fourth-order valence-corrected chi connectivity index (χ4v) is 2.61. The Labute approximate surface area is 128 Å². The summed E-state index contributed by atoms with van der Waals surface area (Å²) in [5.41, 5.74) is 5.57. The molecule has 23 heavy (non-hydrogen) atoms. The second-order valence-corrected chi connectivity index (χ2v) is 4.98. The number of hydrogen-bond acceptors (Lipinski definition) is 9. The van der Waals surface area contributed by atoms with Gasteiger partial charge in [0.15, 0.2) is 0 Å². The lowest BCUT2D eigenvalue weighted by Gasteiger charge is -2.27. The molecule has 1 aromatic heterocycles. The molecule has 2 rings (SSSR count). The summed E-state index contributed by atoms with van der Waals surface area (Å²) in [4.78, 5) is 35.6. The van der Waals surface area contributed by atoms with Crippen LogP contribution in [0.15, 0.2) is 27.0 Å². The largest absolute Gasteiger partial charge is 0.351 e. The molecule has 126 valence electrons. The van der Waals surface area contributed by atoms with Gasteiger partial charge in [-0.15, -0.1) is 0 Å². The summed E-state index contributed by atoms with van der Waals surface area (Å²) < 4.78 is 7.15. The quantitative estimate of drug-likeness (QED) is 0.182. The van der Waals surface area contributed by atoms with Gasteiger partial charge in [-0.3, -0.25) is 14.2 Å². The van der Waals surface area contributed by atoms with Crippen LogP contribution in [-0.4, -0.2) is 27.7 Å². The number of ether oxygens (including phenoxy) is 1. The minimum Gasteiger partial charge on any atom is -0.340 e. The number of nitrogens with two attached hydrogens (primary N) is 3. The Bertz CT molecular complexity index is 740. The second kappa shape index (κ2) is 6.37. The molecule has 1 fully saturated rings. The van der Waals surface area contributed by atoms with Gasteiger partial charge in [-0.1, -0.05) is 12.0 Å². The van der Waals surface area contributed by atoms with Gasteiger partial charge in [0.05, 0.1) is 0 Å². The van der Waals surface area contributed by atoms with Crippen LogP contribution in [0.25, 0.3) is 10.4 Å². The van der Waals surface area contributed by atoms with Gasteiger partial charge in [-0.05, 0) is 5.53 Å². The van der Waals surface area contributed by atoms with Crippen LogP contribution in [0.5, 0.6) is 0 Å². The number of aromatic nitrogens is 2. The Morgan fingerprint density at radius 1 is 1.52 bits per heavy atom. The highest BCUT2D eigenvalue weighted by molar-refractivity contribution is 5.00. The summed E-state index contributed by atoms with van der Waals surface area (Å²) in [6.07, 6.45) is -0.734. The van der Waals surface area contributed by atoms with Crippen molar-refractivity contribution in [3.8, 4) is 0 Å². The Kier molecular flexibility index (Phi) is 4.70. The van der Waals surface area contributed by atoms with Gasteiger partial charge in [0.2, 0.25) is 5.72 Å². The Morgan fingerprint density at radius 3 is 2.78 bits per heavy atom. The van der Waals surface area contributed by atoms with E-state index in [9.17, 15) is 9.59 Å². The summed E-state index contributed by atoms with van der Waals surface area (Å²) in [7, 11) is 0. The average Bonchev–Trinajstić information content (AvgIpc) is 2.78. The average molecular weight is 328 g/mol. The highest BCUT2D eigenvalue weighted by Gasteiger charge is 2.55. The smallest absolute Gasteiger partial charge is 0.340 e. The number of nitrogens with zero attached hydrogens (tertiary/aromatic N) is 5. The maximum Gasteiger partial charge on any atom is 0.351 e. The Balaban J connectivity index is 2.54. The number of hydrogen-bond donors (Lipinski definition) is 3. The van der Waals surface area contributed by atoms with Gasteiger partial charge in [0, 0.05) is 23.1 Å². The van der Waals surface area contributed by atoms with Crippen molar-refractivity contribution in [1.82, 2.24) is 9.24 Å². The fraction of sp³-hybridized carbons (Fsp3) is 0.600. The van der Waals surface area contributed by atoms with Gasteiger partial charge < -0.3 is 15.4 Å². The zero-order valence-corrected chi connectivity index (χ0v) is 12.1. The van der Waals surface area contributed by atoms with E-state index < -0.39 is 35.2 Å². The van der Waals surface area contributed by atoms with Crippen molar-refractivity contribution in [2.24, 2.45) is 22.8 Å². The lowest BCUT2D eigenvalue weighted by molar-refractivity contribution is -0.150. The molecule has 13 heteroatoms. The summed E-state index contributed by atoms with van der Waals surface area (Å²) >= 11 is 0. The second-order valence-electron chi connectivity index (χ2n) is 4.98. The standard InChI is InChI=1S/C10H16N8O5/c1-5-7(23-14)10(4-21-13,15-16-11)22-8(5)17-3-2-6(19)18(12)9(17)20/h2-3,5,7-8H,4,12-14H2,1H3. The molecule has 0 saturated carbocycles. The molecule has 1 aromatic rings. The molecule has 4 atom stereocenters. The molecule has 2 heterocycles. The van der Waals surface area contributed by atoms with Gasteiger partial charge in [-0.2, -0.15) is 4.68 Å². The molecule has 0 spiro atoms. The molecule has 0 radical (unpaired) electrons. The molecule has 0 aliphatic carbocycles. The lowest BCUT2D eigenvalue weighted by atomic mass is 9.98. The van der Waals surface area contributed by atoms with E-state index in [-0.39, 0.29) is 6.61 Å². The first-order valence-corrected chi connectivity index (χ1v) is 6.42. The van der Waals surface area contributed by atoms with Crippen LogP contribution in [0.4, 0.5) is 0 Å². The van der Waals surface area contributed by atoms with E-state index in [0.717, 1.165) is 10.6 Å². The maximum absolute atomic E-state index is 12.1. The fourth-order valence-electron chi connectivity index (χ4n) is 2.61. The minimum absolute atomic E-state index is 0.364. The van der Waals surface area contributed by atoms with Gasteiger partial charge in [-0.25, -0.2) is 16.6 Å². The first kappa shape index (κ1) is 17.0. The van der Waals surface area contributed by atoms with Crippen molar-refractivity contribution < 1.29 is 14.4 Å². The van der Waals surface area contributed by atoms with Gasteiger partial charge >= 0.3 is 5.69 Å². The topological polar surface area (TPSA) is 199 Å². The molecular formula is C10H16N8O5. The van der Waals surface area contributed by atoms with Crippen molar-refractivity contribution in [3.63, 3.8) is 0 Å². The van der Waals surface area contributed by atoms with Crippen LogP contribution in [0, 0.1) is 5.92 Å². The molecule has 1 saturated heterocycles. The van der Waals surface area contributed by atoms with Crippen LogP contribution < -0.4 is 28.9 Å².